The number of hydrogen-bond donors (Lipinski definition) is 0. The third-order valence-corrected chi connectivity index (χ3v) is 2.89. The molecule has 0 bridgehead atoms. The topological polar surface area (TPSA) is 20.3 Å². The first-order chi connectivity index (χ1) is 5.84. The van der Waals surface area contributed by atoms with E-state index in [2.05, 4.69) is 4.90 Å². The second-order valence-corrected chi connectivity index (χ2v) is 4.15. The fourth-order valence-electron chi connectivity index (χ4n) is 1.89. The van der Waals surface area contributed by atoms with Crippen LogP contribution in [0.2, 0.25) is 0 Å². The van der Waals surface area contributed by atoms with Gasteiger partial charge in [-0.25, -0.2) is 0 Å². The molecule has 2 rings (SSSR count). The first-order valence-corrected chi connectivity index (χ1v) is 5.08. The zero-order valence-electron chi connectivity index (χ0n) is 7.59. The lowest BCUT2D eigenvalue weighted by atomic mass is 10.2. The normalized spacial score (nSPS) is 25.2. The lowest BCUT2D eigenvalue weighted by molar-refractivity contribution is -0.116. The van der Waals surface area contributed by atoms with Gasteiger partial charge in [0.2, 0.25) is 0 Å². The number of Topliss-reactive ketones (excluding diaryl/α,β-unsaturated/α-hetero) is 1. The molecule has 2 heteroatoms. The molecule has 2 aliphatic rings. The van der Waals surface area contributed by atoms with Crippen LogP contribution in [0.25, 0.3) is 0 Å². The van der Waals surface area contributed by atoms with Crippen molar-refractivity contribution in [2.75, 3.05) is 19.6 Å². The number of likely N-dealkylation sites (tertiary alicyclic amines) is 1. The Hall–Kier alpha value is -0.370. The van der Waals surface area contributed by atoms with Gasteiger partial charge in [-0.1, -0.05) is 12.8 Å². The molecular weight excluding hydrogens is 150 g/mol. The Labute approximate surface area is 73.9 Å². The van der Waals surface area contributed by atoms with E-state index in [4.69, 9.17) is 0 Å². The molecular formula is C10H17NO. The summed E-state index contributed by atoms with van der Waals surface area (Å²) < 4.78 is 0. The van der Waals surface area contributed by atoms with Gasteiger partial charge in [0.15, 0.2) is 0 Å². The predicted molar refractivity (Wildman–Crippen MR) is 48.0 cm³/mol. The van der Waals surface area contributed by atoms with Gasteiger partial charge in [0.25, 0.3) is 0 Å². The van der Waals surface area contributed by atoms with Gasteiger partial charge in [-0.15, -0.1) is 0 Å². The fraction of sp³-hybridized carbons (Fsp3) is 0.900. The van der Waals surface area contributed by atoms with Gasteiger partial charge in [0, 0.05) is 13.0 Å². The highest BCUT2D eigenvalue weighted by molar-refractivity contribution is 5.82. The molecule has 0 aromatic carbocycles. The zero-order valence-corrected chi connectivity index (χ0v) is 7.59. The van der Waals surface area contributed by atoms with Crippen LogP contribution >= 0.6 is 0 Å². The van der Waals surface area contributed by atoms with E-state index in [0.717, 1.165) is 32.0 Å². The van der Waals surface area contributed by atoms with E-state index in [9.17, 15) is 4.79 Å². The summed E-state index contributed by atoms with van der Waals surface area (Å²) in [7, 11) is 0. The van der Waals surface area contributed by atoms with Crippen molar-refractivity contribution in [3.8, 4) is 0 Å². The van der Waals surface area contributed by atoms with E-state index < -0.39 is 0 Å². The molecule has 0 N–H and O–H groups in total. The van der Waals surface area contributed by atoms with Crippen molar-refractivity contribution in [1.82, 2.24) is 4.90 Å². The monoisotopic (exact) mass is 167 g/mol. The maximum absolute atomic E-state index is 10.9. The molecule has 68 valence electrons. The molecule has 0 unspecified atom stereocenters. The van der Waals surface area contributed by atoms with Crippen molar-refractivity contribution in [2.45, 2.75) is 32.1 Å². The number of carbonyl (C=O) groups is 1. The van der Waals surface area contributed by atoms with Crippen molar-refractivity contribution >= 4 is 5.78 Å². The Bertz CT molecular complexity index is 175. The van der Waals surface area contributed by atoms with Gasteiger partial charge in [-0.2, -0.15) is 0 Å². The predicted octanol–water partition coefficient (Wildman–Crippen LogP) is 1.45. The van der Waals surface area contributed by atoms with Crippen molar-refractivity contribution in [2.24, 2.45) is 5.92 Å². The molecule has 2 nitrogen and oxygen atoms in total. The first-order valence-electron chi connectivity index (χ1n) is 5.08. The Morgan fingerprint density at radius 2 is 2.25 bits per heavy atom. The lowest BCUT2D eigenvalue weighted by Gasteiger charge is -2.12. The molecule has 0 aromatic heterocycles. The van der Waals surface area contributed by atoms with Crippen LogP contribution in [0.15, 0.2) is 0 Å². The lowest BCUT2D eigenvalue weighted by Crippen LogP contribution is -2.21. The van der Waals surface area contributed by atoms with E-state index in [1.165, 1.54) is 25.7 Å². The summed E-state index contributed by atoms with van der Waals surface area (Å²) >= 11 is 0. The molecule has 2 fully saturated rings. The number of carbonyl (C=O) groups excluding carboxylic acids is 1. The smallest absolute Gasteiger partial charge is 0.148 e. The summed E-state index contributed by atoms with van der Waals surface area (Å²) in [6, 6.07) is 0. The van der Waals surface area contributed by atoms with Gasteiger partial charge in [0.1, 0.15) is 5.78 Å². The van der Waals surface area contributed by atoms with Gasteiger partial charge in [0.05, 0.1) is 6.54 Å². The molecule has 0 aromatic rings. The first kappa shape index (κ1) is 8.24. The van der Waals surface area contributed by atoms with Crippen LogP contribution in [-0.4, -0.2) is 30.3 Å². The van der Waals surface area contributed by atoms with E-state index in [1.54, 1.807) is 0 Å². The third-order valence-electron chi connectivity index (χ3n) is 2.89. The Balaban J connectivity index is 1.56. The van der Waals surface area contributed by atoms with Gasteiger partial charge in [-0.3, -0.25) is 9.69 Å². The van der Waals surface area contributed by atoms with Crippen molar-refractivity contribution in [3.05, 3.63) is 0 Å². The van der Waals surface area contributed by atoms with E-state index in [0.29, 0.717) is 5.78 Å². The van der Waals surface area contributed by atoms with Crippen LogP contribution in [0.1, 0.15) is 32.1 Å². The SMILES string of the molecule is O=C1CCN(CCCC2CC2)C1. The molecule has 0 spiro atoms. The number of hydrogen-bond acceptors (Lipinski definition) is 2. The minimum atomic E-state index is 0.432. The van der Waals surface area contributed by atoms with Crippen LogP contribution < -0.4 is 0 Å². The zero-order chi connectivity index (χ0) is 8.39. The fourth-order valence-corrected chi connectivity index (χ4v) is 1.89. The summed E-state index contributed by atoms with van der Waals surface area (Å²) in [4.78, 5) is 13.2. The number of ketones is 1. The molecule has 1 saturated carbocycles. The van der Waals surface area contributed by atoms with Crippen molar-refractivity contribution < 1.29 is 4.79 Å². The molecule has 1 aliphatic heterocycles. The highest BCUT2D eigenvalue weighted by atomic mass is 16.1. The quantitative estimate of drug-likeness (QED) is 0.631. The summed E-state index contributed by atoms with van der Waals surface area (Å²) in [6.45, 7) is 2.90. The second-order valence-electron chi connectivity index (χ2n) is 4.15. The standard InChI is InChI=1S/C10H17NO/c12-10-5-7-11(8-10)6-1-2-9-3-4-9/h9H,1-8H2. The molecule has 1 heterocycles. The van der Waals surface area contributed by atoms with E-state index >= 15 is 0 Å². The van der Waals surface area contributed by atoms with Crippen LogP contribution in [0.4, 0.5) is 0 Å². The Kier molecular flexibility index (Phi) is 2.45. The largest absolute Gasteiger partial charge is 0.298 e. The summed E-state index contributed by atoms with van der Waals surface area (Å²) in [5.41, 5.74) is 0. The molecule has 1 saturated heterocycles. The molecule has 12 heavy (non-hydrogen) atoms. The number of rotatable bonds is 4. The average Bonchev–Trinajstić information content (AvgIpc) is 2.76. The molecule has 0 amide bonds. The van der Waals surface area contributed by atoms with Gasteiger partial charge >= 0.3 is 0 Å². The summed E-state index contributed by atoms with van der Waals surface area (Å²) in [6.07, 6.45) is 6.41. The van der Waals surface area contributed by atoms with Crippen LogP contribution in [-0.2, 0) is 4.79 Å². The highest BCUT2D eigenvalue weighted by Crippen LogP contribution is 2.33. The minimum absolute atomic E-state index is 0.432. The second kappa shape index (κ2) is 3.56. The maximum atomic E-state index is 10.9. The Morgan fingerprint density at radius 1 is 1.42 bits per heavy atom. The van der Waals surface area contributed by atoms with Crippen molar-refractivity contribution in [1.29, 1.82) is 0 Å². The third kappa shape index (κ3) is 2.31. The van der Waals surface area contributed by atoms with E-state index in [-0.39, 0.29) is 0 Å². The minimum Gasteiger partial charge on any atom is -0.298 e. The average molecular weight is 167 g/mol. The van der Waals surface area contributed by atoms with Gasteiger partial charge in [-0.05, 0) is 25.3 Å². The summed E-state index contributed by atoms with van der Waals surface area (Å²) in [5.74, 6) is 1.48. The highest BCUT2D eigenvalue weighted by Gasteiger charge is 2.22. The molecule has 0 radical (unpaired) electrons. The van der Waals surface area contributed by atoms with E-state index in [1.807, 2.05) is 0 Å². The van der Waals surface area contributed by atoms with Crippen molar-refractivity contribution in [3.63, 3.8) is 0 Å². The van der Waals surface area contributed by atoms with Crippen LogP contribution in [0.3, 0.4) is 0 Å². The Morgan fingerprint density at radius 3 is 2.83 bits per heavy atom. The maximum Gasteiger partial charge on any atom is 0.148 e. The summed E-state index contributed by atoms with van der Waals surface area (Å²) in [5, 5.41) is 0. The van der Waals surface area contributed by atoms with Crippen LogP contribution in [0.5, 0.6) is 0 Å². The molecule has 1 aliphatic carbocycles. The van der Waals surface area contributed by atoms with Gasteiger partial charge < -0.3 is 0 Å². The van der Waals surface area contributed by atoms with Crippen LogP contribution in [0, 0.1) is 5.92 Å². The number of nitrogens with zero attached hydrogens (tertiary/aromatic N) is 1. The molecule has 0 atom stereocenters.